The van der Waals surface area contributed by atoms with Crippen LogP contribution in [0.25, 0.3) is 11.0 Å². The Morgan fingerprint density at radius 2 is 1.96 bits per heavy atom. The lowest BCUT2D eigenvalue weighted by molar-refractivity contribution is -0.346. The van der Waals surface area contributed by atoms with Crippen molar-refractivity contribution in [2.45, 2.75) is 19.5 Å². The van der Waals surface area contributed by atoms with Crippen LogP contribution in [0.3, 0.4) is 0 Å². The summed E-state index contributed by atoms with van der Waals surface area (Å²) in [6.07, 6.45) is -1.90. The van der Waals surface area contributed by atoms with Gasteiger partial charge in [0.2, 0.25) is 11.5 Å². The van der Waals surface area contributed by atoms with Crippen molar-refractivity contribution in [1.82, 2.24) is 15.3 Å². The molecule has 2 heterocycles. The Hall–Kier alpha value is -3.30. The van der Waals surface area contributed by atoms with Crippen molar-refractivity contribution in [2.24, 2.45) is 0 Å². The number of aromatic nitrogens is 3. The Morgan fingerprint density at radius 3 is 2.64 bits per heavy atom. The fourth-order valence-electron chi connectivity index (χ4n) is 2.55. The molecule has 0 bridgehead atoms. The van der Waals surface area contributed by atoms with Gasteiger partial charge in [0.1, 0.15) is 6.54 Å². The van der Waals surface area contributed by atoms with Gasteiger partial charge < -0.3 is 15.6 Å². The zero-order valence-electron chi connectivity index (χ0n) is 15.1. The van der Waals surface area contributed by atoms with Crippen LogP contribution in [0.1, 0.15) is 23.7 Å². The van der Waals surface area contributed by atoms with Gasteiger partial charge in [-0.3, -0.25) is 10.1 Å². The first-order valence-corrected chi connectivity index (χ1v) is 8.72. The molecule has 0 aliphatic heterocycles. The van der Waals surface area contributed by atoms with E-state index >= 15 is 0 Å². The van der Waals surface area contributed by atoms with E-state index in [1.54, 1.807) is 36.5 Å². The van der Waals surface area contributed by atoms with Gasteiger partial charge in [0.15, 0.2) is 0 Å². The highest BCUT2D eigenvalue weighted by Gasteiger charge is 2.29. The van der Waals surface area contributed by atoms with Crippen molar-refractivity contribution in [1.29, 1.82) is 0 Å². The lowest BCUT2D eigenvalue weighted by Crippen LogP contribution is -2.26. The SMILES string of the molecule is CCCNC(=O)c1ccc(Nc2nc3[nH]ccc3c(NCC(F)(F)F)[nH+]2)cc1. The number of hydrogen-bond donors (Lipinski definition) is 4. The fourth-order valence-corrected chi connectivity index (χ4v) is 2.55. The second kappa shape index (κ2) is 8.15. The Bertz CT molecular complexity index is 952. The van der Waals surface area contributed by atoms with E-state index in [9.17, 15) is 18.0 Å². The van der Waals surface area contributed by atoms with Crippen molar-refractivity contribution in [3.8, 4) is 0 Å². The van der Waals surface area contributed by atoms with Gasteiger partial charge in [-0.25, -0.2) is 4.98 Å². The molecule has 3 aromatic rings. The number of fused-ring (bicyclic) bond motifs is 1. The Morgan fingerprint density at radius 1 is 1.21 bits per heavy atom. The number of halogens is 3. The third kappa shape index (κ3) is 4.90. The van der Waals surface area contributed by atoms with E-state index in [4.69, 9.17) is 0 Å². The molecule has 0 fully saturated rings. The summed E-state index contributed by atoms with van der Waals surface area (Å²) in [7, 11) is 0. The first-order chi connectivity index (χ1) is 13.4. The van der Waals surface area contributed by atoms with Gasteiger partial charge >= 0.3 is 12.1 Å². The molecule has 1 amide bonds. The van der Waals surface area contributed by atoms with Gasteiger partial charge in [0, 0.05) is 18.3 Å². The predicted molar refractivity (Wildman–Crippen MR) is 99.5 cm³/mol. The van der Waals surface area contributed by atoms with Crippen molar-refractivity contribution in [2.75, 3.05) is 23.7 Å². The van der Waals surface area contributed by atoms with Crippen LogP contribution in [0, 0.1) is 0 Å². The van der Waals surface area contributed by atoms with Gasteiger partial charge in [0.05, 0.1) is 11.1 Å². The molecule has 0 saturated heterocycles. The zero-order chi connectivity index (χ0) is 20.1. The molecule has 0 radical (unpaired) electrons. The Balaban J connectivity index is 1.77. The third-order valence-corrected chi connectivity index (χ3v) is 3.87. The van der Waals surface area contributed by atoms with Gasteiger partial charge in [-0.1, -0.05) is 11.9 Å². The number of alkyl halides is 3. The van der Waals surface area contributed by atoms with Crippen LogP contribution in [0.2, 0.25) is 0 Å². The number of carbonyl (C=O) groups is 1. The van der Waals surface area contributed by atoms with Crippen LogP contribution in [0.4, 0.5) is 30.6 Å². The van der Waals surface area contributed by atoms with Crippen LogP contribution < -0.4 is 20.9 Å². The minimum absolute atomic E-state index is 0.162. The summed E-state index contributed by atoms with van der Waals surface area (Å²) in [6, 6.07) is 8.33. The number of nitrogens with one attached hydrogen (secondary N) is 5. The summed E-state index contributed by atoms with van der Waals surface area (Å²) in [5.41, 5.74) is 1.58. The molecule has 3 rings (SSSR count). The quantitative estimate of drug-likeness (QED) is 0.496. The maximum Gasteiger partial charge on any atom is 0.415 e. The molecule has 0 unspecified atom stereocenters. The molecular formula is C18H20F3N6O+. The molecule has 0 spiro atoms. The van der Waals surface area contributed by atoms with Crippen molar-refractivity contribution >= 4 is 34.4 Å². The van der Waals surface area contributed by atoms with Crippen LogP contribution >= 0.6 is 0 Å². The minimum Gasteiger partial charge on any atom is -0.352 e. The van der Waals surface area contributed by atoms with E-state index in [0.717, 1.165) is 6.42 Å². The number of amides is 1. The van der Waals surface area contributed by atoms with Gasteiger partial charge in [0.25, 0.3) is 5.91 Å². The molecule has 0 aliphatic rings. The second-order valence-corrected chi connectivity index (χ2v) is 6.13. The molecule has 10 heteroatoms. The summed E-state index contributed by atoms with van der Waals surface area (Å²) in [4.78, 5) is 22.0. The number of aromatic amines is 2. The van der Waals surface area contributed by atoms with Gasteiger partial charge in [-0.2, -0.15) is 13.2 Å². The topological polar surface area (TPSA) is 96.0 Å². The van der Waals surface area contributed by atoms with Crippen LogP contribution in [0.5, 0.6) is 0 Å². The largest absolute Gasteiger partial charge is 0.415 e. The highest BCUT2D eigenvalue weighted by Crippen LogP contribution is 2.22. The highest BCUT2D eigenvalue weighted by atomic mass is 19.4. The number of benzene rings is 1. The van der Waals surface area contributed by atoms with E-state index < -0.39 is 12.7 Å². The average molecular weight is 393 g/mol. The maximum atomic E-state index is 12.5. The minimum atomic E-state index is -4.35. The molecule has 148 valence electrons. The summed E-state index contributed by atoms with van der Waals surface area (Å²) in [5, 5.41) is 8.64. The number of nitrogens with zero attached hydrogens (tertiary/aromatic N) is 1. The lowest BCUT2D eigenvalue weighted by Gasteiger charge is -2.08. The monoisotopic (exact) mass is 393 g/mol. The normalized spacial score (nSPS) is 11.4. The van der Waals surface area contributed by atoms with E-state index in [1.165, 1.54) is 0 Å². The number of hydrogen-bond acceptors (Lipinski definition) is 4. The molecule has 0 aliphatic carbocycles. The Labute approximate surface area is 158 Å². The summed E-state index contributed by atoms with van der Waals surface area (Å²) in [5.74, 6) is 0.286. The zero-order valence-corrected chi connectivity index (χ0v) is 15.1. The molecular weight excluding hydrogens is 373 g/mol. The molecule has 0 saturated carbocycles. The molecule has 5 N–H and O–H groups in total. The first kappa shape index (κ1) is 19.5. The molecule has 2 aromatic heterocycles. The van der Waals surface area contributed by atoms with Crippen LogP contribution in [-0.4, -0.2) is 35.1 Å². The second-order valence-electron chi connectivity index (χ2n) is 6.13. The lowest BCUT2D eigenvalue weighted by atomic mass is 10.2. The average Bonchev–Trinajstić information content (AvgIpc) is 3.13. The molecule has 1 aromatic carbocycles. The van der Waals surface area contributed by atoms with Crippen LogP contribution in [0.15, 0.2) is 36.5 Å². The molecule has 7 nitrogen and oxygen atoms in total. The van der Waals surface area contributed by atoms with E-state index in [0.29, 0.717) is 28.8 Å². The van der Waals surface area contributed by atoms with Crippen molar-refractivity contribution < 1.29 is 22.9 Å². The van der Waals surface area contributed by atoms with Crippen LogP contribution in [-0.2, 0) is 0 Å². The van der Waals surface area contributed by atoms with Gasteiger partial charge in [-0.15, -0.1) is 0 Å². The van der Waals surface area contributed by atoms with E-state index in [-0.39, 0.29) is 17.7 Å². The smallest absolute Gasteiger partial charge is 0.352 e. The summed E-state index contributed by atoms with van der Waals surface area (Å²) >= 11 is 0. The molecule has 28 heavy (non-hydrogen) atoms. The number of anilines is 3. The fraction of sp³-hybridized carbons (Fsp3) is 0.278. The third-order valence-electron chi connectivity index (χ3n) is 3.87. The maximum absolute atomic E-state index is 12.5. The summed E-state index contributed by atoms with van der Waals surface area (Å²) in [6.45, 7) is 1.39. The highest BCUT2D eigenvalue weighted by molar-refractivity contribution is 5.94. The summed E-state index contributed by atoms with van der Waals surface area (Å²) < 4.78 is 37.6. The number of rotatable bonds is 7. The standard InChI is InChI=1S/C18H19F3N6O/c1-2-8-23-16(28)11-3-5-12(6-4-11)25-17-26-14-13(7-9-22-14)15(27-17)24-10-18(19,20)21/h3-7,9H,2,8,10H2,1H3,(H,23,28)(H3,22,24,25,26,27)/p+1. The number of H-pyrrole nitrogens is 2. The van der Waals surface area contributed by atoms with Crippen molar-refractivity contribution in [3.63, 3.8) is 0 Å². The molecule has 0 atom stereocenters. The number of carbonyl (C=O) groups excluding carboxylic acids is 1. The van der Waals surface area contributed by atoms with E-state index in [1.807, 2.05) is 6.92 Å². The van der Waals surface area contributed by atoms with Gasteiger partial charge in [-0.05, 0) is 36.8 Å². The van der Waals surface area contributed by atoms with E-state index in [2.05, 4.69) is 30.9 Å². The first-order valence-electron chi connectivity index (χ1n) is 8.72. The van der Waals surface area contributed by atoms with Crippen molar-refractivity contribution in [3.05, 3.63) is 42.1 Å². The Kier molecular flexibility index (Phi) is 5.67. The predicted octanol–water partition coefficient (Wildman–Crippen LogP) is 3.23.